The molecular formula is C18H18ClNO4S. The lowest BCUT2D eigenvalue weighted by Crippen LogP contribution is -2.26. The molecule has 0 spiro atoms. The van der Waals surface area contributed by atoms with E-state index in [2.05, 4.69) is 4.72 Å². The van der Waals surface area contributed by atoms with Gasteiger partial charge in [-0.2, -0.15) is 0 Å². The SMILES string of the molecule is CCOc1cccc2cc([C@H](C)NS(=O)(=O)c3ccccc3Cl)oc12. The fourth-order valence-corrected chi connectivity index (χ4v) is 4.29. The summed E-state index contributed by atoms with van der Waals surface area (Å²) >= 11 is 6.00. The van der Waals surface area contributed by atoms with Crippen molar-refractivity contribution in [2.24, 2.45) is 0 Å². The van der Waals surface area contributed by atoms with Crippen LogP contribution < -0.4 is 9.46 Å². The van der Waals surface area contributed by atoms with Crippen molar-refractivity contribution in [1.82, 2.24) is 4.72 Å². The first-order valence-corrected chi connectivity index (χ1v) is 9.70. The molecule has 0 radical (unpaired) electrons. The molecule has 3 aromatic rings. The van der Waals surface area contributed by atoms with Gasteiger partial charge in [0.1, 0.15) is 10.7 Å². The number of sulfonamides is 1. The van der Waals surface area contributed by atoms with Crippen LogP contribution in [-0.4, -0.2) is 15.0 Å². The van der Waals surface area contributed by atoms with E-state index in [0.29, 0.717) is 23.7 Å². The topological polar surface area (TPSA) is 68.5 Å². The van der Waals surface area contributed by atoms with Crippen molar-refractivity contribution in [2.45, 2.75) is 24.8 Å². The molecule has 7 heteroatoms. The van der Waals surface area contributed by atoms with E-state index in [1.807, 2.05) is 25.1 Å². The summed E-state index contributed by atoms with van der Waals surface area (Å²) in [5.41, 5.74) is 0.600. The minimum atomic E-state index is -3.77. The van der Waals surface area contributed by atoms with Crippen molar-refractivity contribution in [1.29, 1.82) is 0 Å². The van der Waals surface area contributed by atoms with Gasteiger partial charge in [-0.15, -0.1) is 0 Å². The van der Waals surface area contributed by atoms with Crippen LogP contribution in [0.4, 0.5) is 0 Å². The predicted molar refractivity (Wildman–Crippen MR) is 97.6 cm³/mol. The van der Waals surface area contributed by atoms with Gasteiger partial charge in [-0.05, 0) is 38.1 Å². The molecule has 1 atom stereocenters. The van der Waals surface area contributed by atoms with Crippen LogP contribution in [0.1, 0.15) is 25.6 Å². The summed E-state index contributed by atoms with van der Waals surface area (Å²) in [7, 11) is -3.77. The zero-order chi connectivity index (χ0) is 18.0. The van der Waals surface area contributed by atoms with Gasteiger partial charge in [-0.1, -0.05) is 35.9 Å². The third kappa shape index (κ3) is 3.66. The Bertz CT molecular complexity index is 997. The van der Waals surface area contributed by atoms with Gasteiger partial charge in [-0.25, -0.2) is 13.1 Å². The summed E-state index contributed by atoms with van der Waals surface area (Å²) in [5, 5.41) is 1.02. The van der Waals surface area contributed by atoms with E-state index < -0.39 is 16.1 Å². The Labute approximate surface area is 151 Å². The maximum absolute atomic E-state index is 12.6. The van der Waals surface area contributed by atoms with Crippen LogP contribution in [0.3, 0.4) is 0 Å². The number of hydrogen-bond donors (Lipinski definition) is 1. The lowest BCUT2D eigenvalue weighted by molar-refractivity contribution is 0.336. The average molecular weight is 380 g/mol. The molecule has 0 aliphatic rings. The Morgan fingerprint density at radius 2 is 1.96 bits per heavy atom. The van der Waals surface area contributed by atoms with Crippen LogP contribution in [0.15, 0.2) is 57.8 Å². The minimum Gasteiger partial charge on any atom is -0.490 e. The Morgan fingerprint density at radius 3 is 2.68 bits per heavy atom. The van der Waals surface area contributed by atoms with Crippen LogP contribution in [-0.2, 0) is 10.0 Å². The van der Waals surface area contributed by atoms with Crippen LogP contribution in [0, 0.1) is 0 Å². The van der Waals surface area contributed by atoms with E-state index >= 15 is 0 Å². The van der Waals surface area contributed by atoms with Crippen molar-refractivity contribution in [3.05, 3.63) is 59.3 Å². The van der Waals surface area contributed by atoms with Crippen LogP contribution in [0.2, 0.25) is 5.02 Å². The van der Waals surface area contributed by atoms with Gasteiger partial charge in [-0.3, -0.25) is 0 Å². The summed E-state index contributed by atoms with van der Waals surface area (Å²) in [6.45, 7) is 4.12. The van der Waals surface area contributed by atoms with E-state index in [0.717, 1.165) is 5.39 Å². The standard InChI is InChI=1S/C18H18ClNO4S/c1-3-23-15-9-6-7-13-11-16(24-18(13)15)12(2)20-25(21,22)17-10-5-4-8-14(17)19/h4-12,20H,3H2,1-2H3/t12-/m0/s1. The molecule has 0 fully saturated rings. The molecule has 132 valence electrons. The second-order valence-electron chi connectivity index (χ2n) is 5.53. The second kappa shape index (κ2) is 7.07. The monoisotopic (exact) mass is 379 g/mol. The lowest BCUT2D eigenvalue weighted by Gasteiger charge is -2.13. The maximum Gasteiger partial charge on any atom is 0.242 e. The second-order valence-corrected chi connectivity index (χ2v) is 7.62. The number of rotatable bonds is 6. The number of ether oxygens (including phenoxy) is 1. The number of nitrogens with one attached hydrogen (secondary N) is 1. The minimum absolute atomic E-state index is 0.0367. The summed E-state index contributed by atoms with van der Waals surface area (Å²) in [5.74, 6) is 1.13. The number of halogens is 1. The largest absolute Gasteiger partial charge is 0.490 e. The third-order valence-electron chi connectivity index (χ3n) is 3.71. The summed E-state index contributed by atoms with van der Waals surface area (Å²) in [6, 6.07) is 13.1. The molecule has 1 heterocycles. The van der Waals surface area contributed by atoms with Crippen molar-refractivity contribution in [3.63, 3.8) is 0 Å². The van der Waals surface area contributed by atoms with Crippen molar-refractivity contribution >= 4 is 32.6 Å². The van der Waals surface area contributed by atoms with Crippen molar-refractivity contribution in [2.75, 3.05) is 6.61 Å². The Morgan fingerprint density at radius 1 is 1.20 bits per heavy atom. The Hall–Kier alpha value is -2.02. The quantitative estimate of drug-likeness (QED) is 0.683. The molecule has 2 aromatic carbocycles. The Kier molecular flexibility index (Phi) is 5.03. The molecule has 0 aliphatic carbocycles. The number of para-hydroxylation sites is 1. The molecule has 1 aromatic heterocycles. The number of benzene rings is 2. The summed E-state index contributed by atoms with van der Waals surface area (Å²) in [4.78, 5) is 0.0367. The first-order valence-electron chi connectivity index (χ1n) is 7.84. The molecular weight excluding hydrogens is 362 g/mol. The third-order valence-corrected chi connectivity index (χ3v) is 5.75. The molecule has 25 heavy (non-hydrogen) atoms. The fraction of sp³-hybridized carbons (Fsp3) is 0.222. The van der Waals surface area contributed by atoms with Crippen LogP contribution >= 0.6 is 11.6 Å². The van der Waals surface area contributed by atoms with Gasteiger partial charge in [0.2, 0.25) is 10.0 Å². The van der Waals surface area contributed by atoms with Gasteiger partial charge in [0.15, 0.2) is 11.3 Å². The zero-order valence-corrected chi connectivity index (χ0v) is 15.4. The van der Waals surface area contributed by atoms with Crippen LogP contribution in [0.5, 0.6) is 5.75 Å². The lowest BCUT2D eigenvalue weighted by atomic mass is 10.2. The summed E-state index contributed by atoms with van der Waals surface area (Å²) in [6.07, 6.45) is 0. The van der Waals surface area contributed by atoms with E-state index in [9.17, 15) is 8.42 Å². The van der Waals surface area contributed by atoms with Gasteiger partial charge in [0.05, 0.1) is 17.7 Å². The van der Waals surface area contributed by atoms with E-state index in [1.165, 1.54) is 12.1 Å². The normalized spacial score (nSPS) is 13.1. The van der Waals surface area contributed by atoms with Gasteiger partial charge < -0.3 is 9.15 Å². The average Bonchev–Trinajstić information content (AvgIpc) is 3.00. The molecule has 0 unspecified atom stereocenters. The zero-order valence-electron chi connectivity index (χ0n) is 13.8. The molecule has 3 rings (SSSR count). The highest BCUT2D eigenvalue weighted by Gasteiger charge is 2.23. The number of hydrogen-bond acceptors (Lipinski definition) is 4. The van der Waals surface area contributed by atoms with Gasteiger partial charge in [0, 0.05) is 5.39 Å². The smallest absolute Gasteiger partial charge is 0.242 e. The van der Waals surface area contributed by atoms with Gasteiger partial charge in [0.25, 0.3) is 0 Å². The molecule has 0 saturated carbocycles. The molecule has 5 nitrogen and oxygen atoms in total. The first-order chi connectivity index (χ1) is 11.9. The van der Waals surface area contributed by atoms with Gasteiger partial charge >= 0.3 is 0 Å². The van der Waals surface area contributed by atoms with E-state index in [-0.39, 0.29) is 9.92 Å². The number of furan rings is 1. The molecule has 1 N–H and O–H groups in total. The molecule has 0 amide bonds. The van der Waals surface area contributed by atoms with E-state index in [1.54, 1.807) is 25.1 Å². The van der Waals surface area contributed by atoms with Crippen LogP contribution in [0.25, 0.3) is 11.0 Å². The van der Waals surface area contributed by atoms with Crippen molar-refractivity contribution in [3.8, 4) is 5.75 Å². The highest BCUT2D eigenvalue weighted by molar-refractivity contribution is 7.89. The molecule has 0 saturated heterocycles. The maximum atomic E-state index is 12.6. The number of fused-ring (bicyclic) bond motifs is 1. The summed E-state index contributed by atoms with van der Waals surface area (Å²) < 4.78 is 39.1. The van der Waals surface area contributed by atoms with E-state index in [4.69, 9.17) is 20.8 Å². The first kappa shape index (κ1) is 17.8. The molecule has 0 bridgehead atoms. The highest BCUT2D eigenvalue weighted by Crippen LogP contribution is 2.32. The van der Waals surface area contributed by atoms with Crippen molar-refractivity contribution < 1.29 is 17.6 Å². The molecule has 0 aliphatic heterocycles. The predicted octanol–water partition coefficient (Wildman–Crippen LogP) is 4.52. The fourth-order valence-electron chi connectivity index (χ4n) is 2.56. The highest BCUT2D eigenvalue weighted by atomic mass is 35.5. The Balaban J connectivity index is 1.91.